The summed E-state index contributed by atoms with van der Waals surface area (Å²) in [6.07, 6.45) is 0.375. The van der Waals surface area contributed by atoms with Gasteiger partial charge in [0.15, 0.2) is 5.60 Å². The molecule has 2 atom stereocenters. The van der Waals surface area contributed by atoms with Crippen molar-refractivity contribution in [3.63, 3.8) is 0 Å². The van der Waals surface area contributed by atoms with E-state index in [-0.39, 0.29) is 6.61 Å². The van der Waals surface area contributed by atoms with Crippen LogP contribution in [0, 0.1) is 11.6 Å². The second-order valence-electron chi connectivity index (χ2n) is 4.69. The molecule has 1 aliphatic rings. The van der Waals surface area contributed by atoms with Crippen LogP contribution in [-0.2, 0) is 19.9 Å². The highest BCUT2D eigenvalue weighted by Crippen LogP contribution is 2.58. The molecular weight excluding hydrogens is 254 g/mol. The van der Waals surface area contributed by atoms with Crippen LogP contribution >= 0.6 is 0 Å². The third-order valence-corrected chi connectivity index (χ3v) is 3.62. The molecule has 2 unspecified atom stereocenters. The van der Waals surface area contributed by atoms with Crippen LogP contribution in [-0.4, -0.2) is 18.2 Å². The molecule has 2 rings (SSSR count). The fraction of sp³-hybridized carbons (Fsp3) is 0.500. The molecule has 0 spiro atoms. The molecule has 1 aromatic rings. The fourth-order valence-corrected chi connectivity index (χ4v) is 2.48. The molecule has 0 bridgehead atoms. The normalized spacial score (nSPS) is 29.1. The smallest absolute Gasteiger partial charge is 0.341 e. The Morgan fingerprint density at radius 2 is 1.84 bits per heavy atom. The second-order valence-corrected chi connectivity index (χ2v) is 4.69. The average molecular weight is 270 g/mol. The lowest BCUT2D eigenvalue weighted by Gasteiger charge is -2.14. The summed E-state index contributed by atoms with van der Waals surface area (Å²) in [7, 11) is 0. The molecule has 19 heavy (non-hydrogen) atoms. The van der Waals surface area contributed by atoms with Gasteiger partial charge in [0.2, 0.25) is 0 Å². The molecule has 104 valence electrons. The van der Waals surface area contributed by atoms with Crippen molar-refractivity contribution in [2.24, 2.45) is 0 Å². The number of epoxide rings is 1. The SMILES string of the molecule is CCOC(=O)C1(CC)OC1(C)c1cc(F)cc(F)c1. The Bertz CT molecular complexity index is 497. The summed E-state index contributed by atoms with van der Waals surface area (Å²) in [4.78, 5) is 12.0. The van der Waals surface area contributed by atoms with E-state index in [2.05, 4.69) is 0 Å². The number of esters is 1. The maximum absolute atomic E-state index is 13.3. The van der Waals surface area contributed by atoms with Crippen LogP contribution in [0.4, 0.5) is 8.78 Å². The number of hydrogen-bond acceptors (Lipinski definition) is 3. The van der Waals surface area contributed by atoms with Crippen molar-refractivity contribution in [2.75, 3.05) is 6.61 Å². The first-order valence-corrected chi connectivity index (χ1v) is 6.23. The van der Waals surface area contributed by atoms with Gasteiger partial charge in [-0.2, -0.15) is 0 Å². The van der Waals surface area contributed by atoms with Gasteiger partial charge in [0.05, 0.1) is 6.61 Å². The van der Waals surface area contributed by atoms with Crippen LogP contribution in [0.1, 0.15) is 32.8 Å². The zero-order chi connectivity index (χ0) is 14.3. The van der Waals surface area contributed by atoms with E-state index in [1.807, 2.05) is 0 Å². The average Bonchev–Trinajstić information content (AvgIpc) is 2.97. The first-order valence-electron chi connectivity index (χ1n) is 6.23. The Kier molecular flexibility index (Phi) is 3.34. The van der Waals surface area contributed by atoms with Crippen molar-refractivity contribution in [1.82, 2.24) is 0 Å². The zero-order valence-corrected chi connectivity index (χ0v) is 11.1. The van der Waals surface area contributed by atoms with E-state index in [1.165, 1.54) is 12.1 Å². The highest BCUT2D eigenvalue weighted by atomic mass is 19.1. The molecule has 1 aromatic carbocycles. The van der Waals surface area contributed by atoms with Gasteiger partial charge >= 0.3 is 5.97 Å². The van der Waals surface area contributed by atoms with Gasteiger partial charge in [-0.05, 0) is 38.0 Å². The van der Waals surface area contributed by atoms with E-state index in [0.29, 0.717) is 12.0 Å². The molecule has 0 amide bonds. The molecule has 5 heteroatoms. The van der Waals surface area contributed by atoms with Crippen molar-refractivity contribution in [3.8, 4) is 0 Å². The molecule has 1 saturated heterocycles. The Labute approximate surface area is 110 Å². The summed E-state index contributed by atoms with van der Waals surface area (Å²) in [5.74, 6) is -1.88. The van der Waals surface area contributed by atoms with Gasteiger partial charge in [-0.3, -0.25) is 0 Å². The summed E-state index contributed by atoms with van der Waals surface area (Å²) in [6, 6.07) is 3.15. The number of benzene rings is 1. The van der Waals surface area contributed by atoms with E-state index in [0.717, 1.165) is 6.07 Å². The Morgan fingerprint density at radius 3 is 2.32 bits per heavy atom. The maximum atomic E-state index is 13.3. The first-order chi connectivity index (χ1) is 8.89. The van der Waals surface area contributed by atoms with Gasteiger partial charge in [0.1, 0.15) is 17.2 Å². The minimum atomic E-state index is -1.15. The van der Waals surface area contributed by atoms with Crippen LogP contribution in [0.15, 0.2) is 18.2 Å². The molecule has 0 N–H and O–H groups in total. The predicted molar refractivity (Wildman–Crippen MR) is 64.5 cm³/mol. The topological polar surface area (TPSA) is 38.8 Å². The molecule has 1 fully saturated rings. The quantitative estimate of drug-likeness (QED) is 0.623. The summed E-state index contributed by atoms with van der Waals surface area (Å²) in [6.45, 7) is 5.35. The van der Waals surface area contributed by atoms with Gasteiger partial charge in [0, 0.05) is 6.07 Å². The summed E-state index contributed by atoms with van der Waals surface area (Å²) in [5, 5.41) is 0. The lowest BCUT2D eigenvalue weighted by Crippen LogP contribution is -2.33. The van der Waals surface area contributed by atoms with E-state index in [1.54, 1.807) is 20.8 Å². The molecule has 0 aliphatic carbocycles. The van der Waals surface area contributed by atoms with Crippen molar-refractivity contribution in [2.45, 2.75) is 38.4 Å². The standard InChI is InChI=1S/C14H16F2O3/c1-4-14(12(17)18-5-2)13(3,19-14)9-6-10(15)8-11(16)7-9/h6-8H,4-5H2,1-3H3. The lowest BCUT2D eigenvalue weighted by molar-refractivity contribution is -0.149. The van der Waals surface area contributed by atoms with E-state index < -0.39 is 28.8 Å². The number of carbonyl (C=O) groups excluding carboxylic acids is 1. The van der Waals surface area contributed by atoms with Crippen LogP contribution in [0.5, 0.6) is 0 Å². The van der Waals surface area contributed by atoms with E-state index in [4.69, 9.17) is 9.47 Å². The molecule has 3 nitrogen and oxygen atoms in total. The minimum absolute atomic E-state index is 0.234. The van der Waals surface area contributed by atoms with Crippen molar-refractivity contribution >= 4 is 5.97 Å². The highest BCUT2D eigenvalue weighted by molar-refractivity contribution is 5.85. The number of carbonyl (C=O) groups is 1. The Balaban J connectivity index is 2.37. The first kappa shape index (κ1) is 13.9. The Morgan fingerprint density at radius 1 is 1.26 bits per heavy atom. The fourth-order valence-electron chi connectivity index (χ4n) is 2.48. The third-order valence-electron chi connectivity index (χ3n) is 3.62. The summed E-state index contributed by atoms with van der Waals surface area (Å²) in [5.41, 5.74) is -1.89. The predicted octanol–water partition coefficient (Wildman–Crippen LogP) is 2.92. The number of rotatable bonds is 4. The second kappa shape index (κ2) is 4.56. The number of hydrogen-bond donors (Lipinski definition) is 0. The van der Waals surface area contributed by atoms with E-state index in [9.17, 15) is 13.6 Å². The zero-order valence-electron chi connectivity index (χ0n) is 11.1. The van der Waals surface area contributed by atoms with Crippen LogP contribution in [0.2, 0.25) is 0 Å². The van der Waals surface area contributed by atoms with Gasteiger partial charge in [-0.15, -0.1) is 0 Å². The van der Waals surface area contributed by atoms with Gasteiger partial charge in [-0.1, -0.05) is 6.92 Å². The maximum Gasteiger partial charge on any atom is 0.341 e. The molecular formula is C14H16F2O3. The van der Waals surface area contributed by atoms with Crippen LogP contribution < -0.4 is 0 Å². The molecule has 1 heterocycles. The summed E-state index contributed by atoms with van der Waals surface area (Å²) < 4.78 is 37.1. The molecule has 0 radical (unpaired) electrons. The molecule has 0 saturated carbocycles. The van der Waals surface area contributed by atoms with Gasteiger partial charge in [0.25, 0.3) is 0 Å². The highest BCUT2D eigenvalue weighted by Gasteiger charge is 2.72. The van der Waals surface area contributed by atoms with Crippen molar-refractivity contribution < 1.29 is 23.0 Å². The largest absolute Gasteiger partial charge is 0.464 e. The monoisotopic (exact) mass is 270 g/mol. The van der Waals surface area contributed by atoms with Crippen molar-refractivity contribution in [1.29, 1.82) is 0 Å². The van der Waals surface area contributed by atoms with Crippen molar-refractivity contribution in [3.05, 3.63) is 35.4 Å². The molecule has 1 aliphatic heterocycles. The third kappa shape index (κ3) is 2.02. The molecule has 0 aromatic heterocycles. The van der Waals surface area contributed by atoms with E-state index >= 15 is 0 Å². The summed E-state index contributed by atoms with van der Waals surface area (Å²) >= 11 is 0. The Hall–Kier alpha value is -1.49. The number of ether oxygens (including phenoxy) is 2. The van der Waals surface area contributed by atoms with Gasteiger partial charge in [-0.25, -0.2) is 13.6 Å². The van der Waals surface area contributed by atoms with Crippen LogP contribution in [0.25, 0.3) is 0 Å². The van der Waals surface area contributed by atoms with Gasteiger partial charge < -0.3 is 9.47 Å². The van der Waals surface area contributed by atoms with Crippen LogP contribution in [0.3, 0.4) is 0 Å². The minimum Gasteiger partial charge on any atom is -0.464 e. The number of halogens is 2. The lowest BCUT2D eigenvalue weighted by atomic mass is 9.86.